The van der Waals surface area contributed by atoms with Gasteiger partial charge in [0, 0.05) is 21.2 Å². The first-order valence-corrected chi connectivity index (χ1v) is 11.4. The Kier molecular flexibility index (Phi) is 7.29. The molecule has 3 aromatic carbocycles. The first-order valence-electron chi connectivity index (χ1n) is 9.66. The van der Waals surface area contributed by atoms with Crippen molar-refractivity contribution in [2.75, 3.05) is 16.4 Å². The fourth-order valence-corrected chi connectivity index (χ4v) is 3.60. The Balaban J connectivity index is 1.36. The van der Waals surface area contributed by atoms with Crippen LogP contribution in [-0.4, -0.2) is 27.8 Å². The third-order valence-electron chi connectivity index (χ3n) is 4.38. The van der Waals surface area contributed by atoms with Crippen molar-refractivity contribution in [3.05, 3.63) is 88.4 Å². The van der Waals surface area contributed by atoms with Crippen LogP contribution in [-0.2, 0) is 4.79 Å². The summed E-state index contributed by atoms with van der Waals surface area (Å²) in [5.74, 6) is -0.227. The van der Waals surface area contributed by atoms with Gasteiger partial charge in [-0.1, -0.05) is 47.1 Å². The van der Waals surface area contributed by atoms with Gasteiger partial charge in [-0.25, -0.2) is 0 Å². The number of aromatic nitrogens is 2. The number of nitrogens with one attached hydrogen (secondary N) is 2. The molecule has 0 unspecified atom stereocenters. The van der Waals surface area contributed by atoms with Crippen LogP contribution >= 0.6 is 35.0 Å². The van der Waals surface area contributed by atoms with E-state index < -0.39 is 0 Å². The van der Waals surface area contributed by atoms with Crippen molar-refractivity contribution in [1.29, 1.82) is 0 Å². The summed E-state index contributed by atoms with van der Waals surface area (Å²) in [6.07, 6.45) is 0. The molecule has 4 aromatic rings. The first kappa shape index (κ1) is 22.8. The molecular formula is C23H16Cl2N4O3S. The zero-order valence-electron chi connectivity index (χ0n) is 16.9. The molecule has 7 nitrogen and oxygen atoms in total. The number of benzene rings is 3. The van der Waals surface area contributed by atoms with Gasteiger partial charge in [0.05, 0.1) is 17.1 Å². The number of halogens is 2. The van der Waals surface area contributed by atoms with Crippen LogP contribution in [0.4, 0.5) is 11.4 Å². The molecule has 2 amide bonds. The molecule has 0 aliphatic heterocycles. The summed E-state index contributed by atoms with van der Waals surface area (Å²) < 4.78 is 5.60. The molecule has 0 aliphatic carbocycles. The van der Waals surface area contributed by atoms with Crippen molar-refractivity contribution in [3.63, 3.8) is 0 Å². The van der Waals surface area contributed by atoms with E-state index in [1.165, 1.54) is 0 Å². The van der Waals surface area contributed by atoms with Gasteiger partial charge < -0.3 is 15.1 Å². The number of amides is 2. The number of rotatable bonds is 7. The predicted octanol–water partition coefficient (Wildman–Crippen LogP) is 6.03. The summed E-state index contributed by atoms with van der Waals surface area (Å²) in [6, 6.07) is 20.4. The van der Waals surface area contributed by atoms with E-state index in [0.717, 1.165) is 17.3 Å². The standard InChI is InChI=1S/C23H16Cl2N4O3S/c24-16-9-5-14(6-10-16)21(31)27-19-4-2-1-3-18(19)26-20(30)13-33-23-29-28-22(32-23)15-7-11-17(25)12-8-15/h1-12H,13H2,(H,26,30)(H,27,31). The van der Waals surface area contributed by atoms with Crippen molar-refractivity contribution in [3.8, 4) is 11.5 Å². The molecule has 0 fully saturated rings. The van der Waals surface area contributed by atoms with Gasteiger partial charge in [-0.3, -0.25) is 9.59 Å². The Bertz CT molecular complexity index is 1280. The van der Waals surface area contributed by atoms with Crippen LogP contribution in [0.1, 0.15) is 10.4 Å². The van der Waals surface area contributed by atoms with Crippen molar-refractivity contribution < 1.29 is 14.0 Å². The molecule has 0 bridgehead atoms. The lowest BCUT2D eigenvalue weighted by Gasteiger charge is -2.12. The van der Waals surface area contributed by atoms with Crippen LogP contribution < -0.4 is 10.6 Å². The van der Waals surface area contributed by atoms with Gasteiger partial charge in [0.15, 0.2) is 0 Å². The number of hydrogen-bond acceptors (Lipinski definition) is 6. The fourth-order valence-electron chi connectivity index (χ4n) is 2.79. The van der Waals surface area contributed by atoms with Crippen LogP contribution in [0.3, 0.4) is 0 Å². The van der Waals surface area contributed by atoms with Crippen molar-refractivity contribution >= 4 is 58.2 Å². The molecule has 1 heterocycles. The Labute approximate surface area is 203 Å². The zero-order valence-corrected chi connectivity index (χ0v) is 19.2. The van der Waals surface area contributed by atoms with Gasteiger partial charge in [0.2, 0.25) is 11.8 Å². The average molecular weight is 499 g/mol. The number of para-hydroxylation sites is 2. The van der Waals surface area contributed by atoms with Gasteiger partial charge in [-0.15, -0.1) is 10.2 Å². The molecule has 0 saturated heterocycles. The Morgan fingerprint density at radius 3 is 2.09 bits per heavy atom. The van der Waals surface area contributed by atoms with E-state index in [0.29, 0.717) is 32.9 Å². The quantitative estimate of drug-likeness (QED) is 0.302. The largest absolute Gasteiger partial charge is 0.411 e. The lowest BCUT2D eigenvalue weighted by molar-refractivity contribution is -0.113. The van der Waals surface area contributed by atoms with Gasteiger partial charge >= 0.3 is 0 Å². The summed E-state index contributed by atoms with van der Waals surface area (Å²) in [4.78, 5) is 25.0. The molecule has 2 N–H and O–H groups in total. The lowest BCUT2D eigenvalue weighted by atomic mass is 10.2. The van der Waals surface area contributed by atoms with Crippen LogP contribution in [0, 0.1) is 0 Å². The summed E-state index contributed by atoms with van der Waals surface area (Å²) in [7, 11) is 0. The SMILES string of the molecule is O=C(CSc1nnc(-c2ccc(Cl)cc2)o1)Nc1ccccc1NC(=O)c1ccc(Cl)cc1. The molecule has 1 aromatic heterocycles. The maximum absolute atomic E-state index is 12.5. The van der Waals surface area contributed by atoms with Crippen molar-refractivity contribution in [2.45, 2.75) is 5.22 Å². The minimum Gasteiger partial charge on any atom is -0.411 e. The molecule has 166 valence electrons. The van der Waals surface area contributed by atoms with E-state index in [2.05, 4.69) is 20.8 Å². The van der Waals surface area contributed by atoms with E-state index >= 15 is 0 Å². The maximum atomic E-state index is 12.5. The second kappa shape index (κ2) is 10.5. The molecule has 10 heteroatoms. The monoisotopic (exact) mass is 498 g/mol. The Morgan fingerprint density at radius 2 is 1.42 bits per heavy atom. The van der Waals surface area contributed by atoms with Crippen LogP contribution in [0.5, 0.6) is 0 Å². The Morgan fingerprint density at radius 1 is 0.818 bits per heavy atom. The topological polar surface area (TPSA) is 97.1 Å². The molecule has 0 saturated carbocycles. The Hall–Kier alpha value is -3.33. The van der Waals surface area contributed by atoms with E-state index in [4.69, 9.17) is 27.6 Å². The second-order valence-electron chi connectivity index (χ2n) is 6.72. The molecule has 0 atom stereocenters. The molecule has 0 radical (unpaired) electrons. The first-order chi connectivity index (χ1) is 16.0. The van der Waals surface area contributed by atoms with E-state index in [1.807, 2.05) is 0 Å². The van der Waals surface area contributed by atoms with Crippen molar-refractivity contribution in [1.82, 2.24) is 10.2 Å². The highest BCUT2D eigenvalue weighted by Crippen LogP contribution is 2.26. The van der Waals surface area contributed by atoms with Gasteiger partial charge in [0.25, 0.3) is 11.1 Å². The molecular weight excluding hydrogens is 483 g/mol. The van der Waals surface area contributed by atoms with E-state index in [9.17, 15) is 9.59 Å². The second-order valence-corrected chi connectivity index (χ2v) is 8.52. The number of carbonyl (C=O) groups is 2. The highest BCUT2D eigenvalue weighted by molar-refractivity contribution is 7.99. The zero-order chi connectivity index (χ0) is 23.2. The van der Waals surface area contributed by atoms with E-state index in [1.54, 1.807) is 72.8 Å². The van der Waals surface area contributed by atoms with Crippen LogP contribution in [0.25, 0.3) is 11.5 Å². The average Bonchev–Trinajstić information content (AvgIpc) is 3.29. The lowest BCUT2D eigenvalue weighted by Crippen LogP contribution is -2.17. The van der Waals surface area contributed by atoms with Gasteiger partial charge in [-0.05, 0) is 60.7 Å². The highest BCUT2D eigenvalue weighted by atomic mass is 35.5. The number of hydrogen-bond donors (Lipinski definition) is 2. The molecule has 0 aliphatic rings. The number of nitrogens with zero attached hydrogens (tertiary/aromatic N) is 2. The van der Waals surface area contributed by atoms with Gasteiger partial charge in [-0.2, -0.15) is 0 Å². The summed E-state index contributed by atoms with van der Waals surface area (Å²) in [6.45, 7) is 0. The van der Waals surface area contributed by atoms with E-state index in [-0.39, 0.29) is 22.8 Å². The molecule has 4 rings (SSSR count). The third kappa shape index (κ3) is 6.13. The minimum atomic E-state index is -0.316. The van der Waals surface area contributed by atoms with Crippen LogP contribution in [0.15, 0.2) is 82.4 Å². The molecule has 0 spiro atoms. The normalized spacial score (nSPS) is 10.6. The molecule has 33 heavy (non-hydrogen) atoms. The van der Waals surface area contributed by atoms with Crippen molar-refractivity contribution in [2.24, 2.45) is 0 Å². The summed E-state index contributed by atoms with van der Waals surface area (Å²) in [5, 5.41) is 14.9. The van der Waals surface area contributed by atoms with Gasteiger partial charge in [0.1, 0.15) is 0 Å². The number of carbonyl (C=O) groups excluding carboxylic acids is 2. The van der Waals surface area contributed by atoms with Crippen LogP contribution in [0.2, 0.25) is 10.0 Å². The number of anilines is 2. The summed E-state index contributed by atoms with van der Waals surface area (Å²) >= 11 is 12.9. The predicted molar refractivity (Wildman–Crippen MR) is 130 cm³/mol. The smallest absolute Gasteiger partial charge is 0.277 e. The minimum absolute atomic E-state index is 0.0434. The summed E-state index contributed by atoms with van der Waals surface area (Å²) in [5.41, 5.74) is 2.12. The number of thioether (sulfide) groups is 1. The third-order valence-corrected chi connectivity index (χ3v) is 5.70. The maximum Gasteiger partial charge on any atom is 0.277 e. The highest BCUT2D eigenvalue weighted by Gasteiger charge is 2.14. The fraction of sp³-hybridized carbons (Fsp3) is 0.0435.